The van der Waals surface area contributed by atoms with Gasteiger partial charge in [-0.25, -0.2) is 0 Å². The standard InChI is InChI=1S/C13H20BrNO2/c1-10-9-12(3-4-13(10)14)11(2)15-5-7-17-8-6-16/h3-4,9,11,15-16H,5-8H2,1-2H3. The van der Waals surface area contributed by atoms with Crippen molar-refractivity contribution in [2.45, 2.75) is 19.9 Å². The van der Waals surface area contributed by atoms with Gasteiger partial charge in [0.25, 0.3) is 0 Å². The zero-order valence-corrected chi connectivity index (χ0v) is 12.0. The molecule has 0 aliphatic heterocycles. The molecule has 0 spiro atoms. The van der Waals surface area contributed by atoms with Crippen LogP contribution in [0.5, 0.6) is 0 Å². The van der Waals surface area contributed by atoms with Crippen LogP contribution in [-0.4, -0.2) is 31.5 Å². The fourth-order valence-electron chi connectivity index (χ4n) is 1.57. The molecular weight excluding hydrogens is 282 g/mol. The molecule has 2 N–H and O–H groups in total. The van der Waals surface area contributed by atoms with Crippen LogP contribution in [-0.2, 0) is 4.74 Å². The van der Waals surface area contributed by atoms with Crippen molar-refractivity contribution >= 4 is 15.9 Å². The number of hydrogen-bond donors (Lipinski definition) is 2. The first-order chi connectivity index (χ1) is 8.15. The molecule has 0 saturated heterocycles. The lowest BCUT2D eigenvalue weighted by atomic mass is 10.1. The third-order valence-electron chi connectivity index (χ3n) is 2.61. The monoisotopic (exact) mass is 301 g/mol. The van der Waals surface area contributed by atoms with E-state index in [4.69, 9.17) is 9.84 Å². The molecule has 0 fully saturated rings. The van der Waals surface area contributed by atoms with Crippen LogP contribution in [0.4, 0.5) is 0 Å². The number of nitrogens with one attached hydrogen (secondary N) is 1. The third-order valence-corrected chi connectivity index (χ3v) is 3.50. The van der Waals surface area contributed by atoms with Gasteiger partial charge in [0, 0.05) is 17.1 Å². The lowest BCUT2D eigenvalue weighted by Gasteiger charge is -2.15. The second-order valence-corrected chi connectivity index (χ2v) is 4.87. The minimum absolute atomic E-state index is 0.0848. The van der Waals surface area contributed by atoms with Gasteiger partial charge in [-0.3, -0.25) is 0 Å². The highest BCUT2D eigenvalue weighted by molar-refractivity contribution is 9.10. The molecule has 0 saturated carbocycles. The molecule has 96 valence electrons. The molecule has 0 aliphatic carbocycles. The van der Waals surface area contributed by atoms with Gasteiger partial charge in [-0.05, 0) is 31.0 Å². The molecule has 0 heterocycles. The van der Waals surface area contributed by atoms with Crippen LogP contribution in [0.25, 0.3) is 0 Å². The normalized spacial score (nSPS) is 12.7. The molecule has 3 nitrogen and oxygen atoms in total. The zero-order valence-electron chi connectivity index (χ0n) is 10.4. The Labute approximate surface area is 111 Å². The summed E-state index contributed by atoms with van der Waals surface area (Å²) in [5.41, 5.74) is 2.51. The van der Waals surface area contributed by atoms with Gasteiger partial charge in [0.1, 0.15) is 0 Å². The van der Waals surface area contributed by atoms with Crippen LogP contribution in [0.1, 0.15) is 24.1 Å². The van der Waals surface area contributed by atoms with E-state index < -0.39 is 0 Å². The molecule has 0 radical (unpaired) electrons. The molecule has 1 aromatic carbocycles. The fraction of sp³-hybridized carbons (Fsp3) is 0.538. The molecule has 1 unspecified atom stereocenters. The molecule has 4 heteroatoms. The summed E-state index contributed by atoms with van der Waals surface area (Å²) in [5, 5.41) is 11.9. The Bertz CT molecular complexity index is 344. The Morgan fingerprint density at radius 1 is 1.41 bits per heavy atom. The maximum Gasteiger partial charge on any atom is 0.0698 e. The highest BCUT2D eigenvalue weighted by atomic mass is 79.9. The summed E-state index contributed by atoms with van der Waals surface area (Å²) in [6.07, 6.45) is 0. The Kier molecular flexibility index (Phi) is 6.73. The molecule has 1 rings (SSSR count). The molecule has 0 aromatic heterocycles. The molecule has 0 amide bonds. The Morgan fingerprint density at radius 3 is 2.82 bits per heavy atom. The smallest absolute Gasteiger partial charge is 0.0698 e. The average Bonchev–Trinajstić information content (AvgIpc) is 2.32. The summed E-state index contributed by atoms with van der Waals surface area (Å²) in [5.74, 6) is 0. The number of halogens is 1. The summed E-state index contributed by atoms with van der Waals surface area (Å²) < 4.78 is 6.33. The number of aryl methyl sites for hydroxylation is 1. The van der Waals surface area contributed by atoms with E-state index in [0.29, 0.717) is 19.3 Å². The van der Waals surface area contributed by atoms with Gasteiger partial charge >= 0.3 is 0 Å². The third kappa shape index (κ3) is 5.17. The van der Waals surface area contributed by atoms with E-state index in [0.717, 1.165) is 11.0 Å². The predicted molar refractivity (Wildman–Crippen MR) is 73.2 cm³/mol. The van der Waals surface area contributed by atoms with Crippen molar-refractivity contribution in [2.24, 2.45) is 0 Å². The van der Waals surface area contributed by atoms with Gasteiger partial charge in [0.15, 0.2) is 0 Å². The number of aliphatic hydroxyl groups is 1. The second-order valence-electron chi connectivity index (χ2n) is 4.02. The van der Waals surface area contributed by atoms with Gasteiger partial charge in [-0.15, -0.1) is 0 Å². The molecule has 17 heavy (non-hydrogen) atoms. The van der Waals surface area contributed by atoms with E-state index >= 15 is 0 Å². The van der Waals surface area contributed by atoms with Gasteiger partial charge in [-0.2, -0.15) is 0 Å². The molecular formula is C13H20BrNO2. The maximum atomic E-state index is 8.56. The lowest BCUT2D eigenvalue weighted by Crippen LogP contribution is -2.23. The van der Waals surface area contributed by atoms with Gasteiger partial charge in [0.05, 0.1) is 19.8 Å². The SMILES string of the molecule is Cc1cc(C(C)NCCOCCO)ccc1Br. The van der Waals surface area contributed by atoms with E-state index in [1.165, 1.54) is 11.1 Å². The summed E-state index contributed by atoms with van der Waals surface area (Å²) >= 11 is 3.50. The van der Waals surface area contributed by atoms with E-state index in [1.807, 2.05) is 0 Å². The minimum atomic E-state index is 0.0848. The molecule has 0 aliphatic rings. The quantitative estimate of drug-likeness (QED) is 0.760. The minimum Gasteiger partial charge on any atom is -0.394 e. The Balaban J connectivity index is 2.36. The number of benzene rings is 1. The van der Waals surface area contributed by atoms with Gasteiger partial charge in [0.2, 0.25) is 0 Å². The van der Waals surface area contributed by atoms with Crippen LogP contribution in [0.3, 0.4) is 0 Å². The van der Waals surface area contributed by atoms with Crippen molar-refractivity contribution in [3.05, 3.63) is 33.8 Å². The van der Waals surface area contributed by atoms with Crippen molar-refractivity contribution in [1.29, 1.82) is 0 Å². The van der Waals surface area contributed by atoms with Crippen LogP contribution < -0.4 is 5.32 Å². The highest BCUT2D eigenvalue weighted by Gasteiger charge is 2.05. The summed E-state index contributed by atoms with van der Waals surface area (Å²) in [4.78, 5) is 0. The average molecular weight is 302 g/mol. The first-order valence-corrected chi connectivity index (χ1v) is 6.62. The van der Waals surface area contributed by atoms with Crippen molar-refractivity contribution < 1.29 is 9.84 Å². The van der Waals surface area contributed by atoms with Crippen molar-refractivity contribution in [3.63, 3.8) is 0 Å². The van der Waals surface area contributed by atoms with Crippen LogP contribution in [0.15, 0.2) is 22.7 Å². The summed E-state index contributed by atoms with van der Waals surface area (Å²) in [6.45, 7) is 6.13. The van der Waals surface area contributed by atoms with E-state index in [1.54, 1.807) is 0 Å². The number of ether oxygens (including phenoxy) is 1. The van der Waals surface area contributed by atoms with Gasteiger partial charge in [-0.1, -0.05) is 28.1 Å². The fourth-order valence-corrected chi connectivity index (χ4v) is 1.82. The van der Waals surface area contributed by atoms with Crippen LogP contribution in [0, 0.1) is 6.92 Å². The van der Waals surface area contributed by atoms with E-state index in [-0.39, 0.29) is 6.61 Å². The predicted octanol–water partition coefficient (Wildman–Crippen LogP) is 2.42. The Morgan fingerprint density at radius 2 is 2.18 bits per heavy atom. The maximum absolute atomic E-state index is 8.56. The zero-order chi connectivity index (χ0) is 12.7. The number of aliphatic hydroxyl groups excluding tert-OH is 1. The summed E-state index contributed by atoms with van der Waals surface area (Å²) in [7, 11) is 0. The number of rotatable bonds is 7. The highest BCUT2D eigenvalue weighted by Crippen LogP contribution is 2.20. The lowest BCUT2D eigenvalue weighted by molar-refractivity contribution is 0.0928. The molecule has 0 bridgehead atoms. The van der Waals surface area contributed by atoms with Gasteiger partial charge < -0.3 is 15.2 Å². The van der Waals surface area contributed by atoms with E-state index in [9.17, 15) is 0 Å². The van der Waals surface area contributed by atoms with Crippen molar-refractivity contribution in [3.8, 4) is 0 Å². The second kappa shape index (κ2) is 7.82. The van der Waals surface area contributed by atoms with Crippen LogP contribution >= 0.6 is 15.9 Å². The van der Waals surface area contributed by atoms with Crippen LogP contribution in [0.2, 0.25) is 0 Å². The number of hydrogen-bond acceptors (Lipinski definition) is 3. The summed E-state index contributed by atoms with van der Waals surface area (Å²) in [6, 6.07) is 6.67. The first kappa shape index (κ1) is 14.6. The van der Waals surface area contributed by atoms with Crippen molar-refractivity contribution in [2.75, 3.05) is 26.4 Å². The first-order valence-electron chi connectivity index (χ1n) is 5.83. The largest absolute Gasteiger partial charge is 0.394 e. The molecule has 1 atom stereocenters. The Hall–Kier alpha value is -0.420. The van der Waals surface area contributed by atoms with E-state index in [2.05, 4.69) is 53.3 Å². The molecule has 1 aromatic rings. The van der Waals surface area contributed by atoms with Crippen molar-refractivity contribution in [1.82, 2.24) is 5.32 Å². The topological polar surface area (TPSA) is 41.5 Å².